The largest absolute Gasteiger partial charge is 0.481 e. The van der Waals surface area contributed by atoms with Gasteiger partial charge in [-0.3, -0.25) is 14.4 Å². The molecule has 8 heteroatoms. The van der Waals surface area contributed by atoms with Crippen molar-refractivity contribution in [1.29, 1.82) is 0 Å². The lowest BCUT2D eigenvalue weighted by Crippen LogP contribution is -2.41. The lowest BCUT2D eigenvalue weighted by molar-refractivity contribution is -0.143. The maximum absolute atomic E-state index is 11.7. The molecule has 0 aliphatic rings. The molecule has 1 atom stereocenters. The topological polar surface area (TPSA) is 141 Å². The number of carbonyl (C=O) groups excluding carboxylic acids is 1. The molecule has 0 aromatic rings. The van der Waals surface area contributed by atoms with Crippen LogP contribution in [0.1, 0.15) is 89.9 Å². The summed E-state index contributed by atoms with van der Waals surface area (Å²) in [5.41, 5.74) is 0. The predicted molar refractivity (Wildman–Crippen MR) is 99.5 cm³/mol. The SMILES string of the molecule is O=C(O)CCCCCCCCCCCCC(=O)N[C@@H](CCC(=O)O)C(=O)O. The molecular formula is C19H33NO7. The number of aliphatic carboxylic acids is 3. The molecule has 0 aliphatic carbocycles. The number of hydrogen-bond acceptors (Lipinski definition) is 4. The molecule has 0 aliphatic heterocycles. The van der Waals surface area contributed by atoms with E-state index in [2.05, 4.69) is 5.32 Å². The molecule has 0 heterocycles. The van der Waals surface area contributed by atoms with E-state index in [1.807, 2.05) is 0 Å². The van der Waals surface area contributed by atoms with Crippen LogP contribution in [0.3, 0.4) is 0 Å². The van der Waals surface area contributed by atoms with E-state index < -0.39 is 23.9 Å². The Morgan fingerprint density at radius 2 is 1.00 bits per heavy atom. The van der Waals surface area contributed by atoms with E-state index in [0.29, 0.717) is 6.42 Å². The molecule has 0 fully saturated rings. The van der Waals surface area contributed by atoms with Crippen LogP contribution in [0.2, 0.25) is 0 Å². The van der Waals surface area contributed by atoms with Crippen molar-refractivity contribution >= 4 is 23.8 Å². The van der Waals surface area contributed by atoms with Crippen LogP contribution in [0.5, 0.6) is 0 Å². The number of carboxylic acid groups (broad SMARTS) is 3. The van der Waals surface area contributed by atoms with Gasteiger partial charge >= 0.3 is 17.9 Å². The Bertz CT molecular complexity index is 465. The first-order valence-electron chi connectivity index (χ1n) is 9.78. The van der Waals surface area contributed by atoms with Crippen molar-refractivity contribution in [1.82, 2.24) is 5.32 Å². The number of amides is 1. The van der Waals surface area contributed by atoms with Crippen molar-refractivity contribution in [2.45, 2.75) is 95.9 Å². The highest BCUT2D eigenvalue weighted by Crippen LogP contribution is 2.12. The van der Waals surface area contributed by atoms with Gasteiger partial charge in [0, 0.05) is 19.3 Å². The summed E-state index contributed by atoms with van der Waals surface area (Å²) in [6, 6.07) is -1.15. The third-order valence-electron chi connectivity index (χ3n) is 4.32. The Morgan fingerprint density at radius 1 is 0.593 bits per heavy atom. The summed E-state index contributed by atoms with van der Waals surface area (Å²) >= 11 is 0. The summed E-state index contributed by atoms with van der Waals surface area (Å²) in [6.07, 6.45) is 9.95. The zero-order valence-corrected chi connectivity index (χ0v) is 16.0. The molecule has 4 N–H and O–H groups in total. The van der Waals surface area contributed by atoms with Gasteiger partial charge in [0.1, 0.15) is 6.04 Å². The Morgan fingerprint density at radius 3 is 1.41 bits per heavy atom. The number of unbranched alkanes of at least 4 members (excludes halogenated alkanes) is 9. The van der Waals surface area contributed by atoms with Crippen molar-refractivity contribution in [3.05, 3.63) is 0 Å². The van der Waals surface area contributed by atoms with E-state index >= 15 is 0 Å². The maximum atomic E-state index is 11.7. The van der Waals surface area contributed by atoms with Gasteiger partial charge in [-0.1, -0.05) is 51.4 Å². The third-order valence-corrected chi connectivity index (χ3v) is 4.32. The molecule has 8 nitrogen and oxygen atoms in total. The Balaban J connectivity index is 3.55. The van der Waals surface area contributed by atoms with Crippen LogP contribution >= 0.6 is 0 Å². The molecular weight excluding hydrogens is 354 g/mol. The number of rotatable bonds is 18. The second-order valence-electron chi connectivity index (χ2n) is 6.82. The zero-order valence-electron chi connectivity index (χ0n) is 16.0. The summed E-state index contributed by atoms with van der Waals surface area (Å²) in [4.78, 5) is 43.6. The average Bonchev–Trinajstić information content (AvgIpc) is 2.58. The van der Waals surface area contributed by atoms with Gasteiger partial charge in [-0.2, -0.15) is 0 Å². The van der Waals surface area contributed by atoms with Crippen molar-refractivity contribution in [3.8, 4) is 0 Å². The monoisotopic (exact) mass is 387 g/mol. The first-order valence-corrected chi connectivity index (χ1v) is 9.78. The molecule has 0 radical (unpaired) electrons. The maximum Gasteiger partial charge on any atom is 0.326 e. The minimum atomic E-state index is -1.22. The fourth-order valence-electron chi connectivity index (χ4n) is 2.77. The van der Waals surface area contributed by atoms with E-state index in [0.717, 1.165) is 57.8 Å². The van der Waals surface area contributed by atoms with Gasteiger partial charge in [-0.05, 0) is 19.3 Å². The lowest BCUT2D eigenvalue weighted by atomic mass is 10.0. The summed E-state index contributed by atoms with van der Waals surface area (Å²) in [6.45, 7) is 0. The standard InChI is InChI=1S/C19H33NO7/c21-16(20-15(19(26)27)13-14-18(24)25)11-9-7-5-3-1-2-4-6-8-10-12-17(22)23/h15H,1-14H2,(H,20,21)(H,22,23)(H,24,25)(H,26,27)/t15-/m0/s1. The molecule has 0 spiro atoms. The molecule has 0 rings (SSSR count). The van der Waals surface area contributed by atoms with Crippen LogP contribution in [-0.2, 0) is 19.2 Å². The number of carboxylic acids is 3. The van der Waals surface area contributed by atoms with Gasteiger partial charge < -0.3 is 20.6 Å². The van der Waals surface area contributed by atoms with E-state index in [-0.39, 0.29) is 31.6 Å². The van der Waals surface area contributed by atoms with Crippen molar-refractivity contribution in [2.24, 2.45) is 0 Å². The molecule has 0 bridgehead atoms. The van der Waals surface area contributed by atoms with Crippen LogP contribution in [0.15, 0.2) is 0 Å². The first-order chi connectivity index (χ1) is 12.8. The smallest absolute Gasteiger partial charge is 0.326 e. The van der Waals surface area contributed by atoms with E-state index in [1.165, 1.54) is 0 Å². The lowest BCUT2D eigenvalue weighted by Gasteiger charge is -2.13. The molecule has 0 saturated carbocycles. The summed E-state index contributed by atoms with van der Waals surface area (Å²) in [5.74, 6) is -3.39. The van der Waals surface area contributed by atoms with Crippen LogP contribution < -0.4 is 5.32 Å². The first kappa shape index (κ1) is 24.9. The van der Waals surface area contributed by atoms with Gasteiger partial charge in [-0.25, -0.2) is 4.79 Å². The molecule has 0 unspecified atom stereocenters. The van der Waals surface area contributed by atoms with Gasteiger partial charge in [0.05, 0.1) is 0 Å². The van der Waals surface area contributed by atoms with E-state index in [9.17, 15) is 19.2 Å². The molecule has 1 amide bonds. The summed E-state index contributed by atoms with van der Waals surface area (Å²) in [5, 5.41) is 28.5. The van der Waals surface area contributed by atoms with Crippen LogP contribution in [0, 0.1) is 0 Å². The minimum Gasteiger partial charge on any atom is -0.481 e. The highest BCUT2D eigenvalue weighted by molar-refractivity contribution is 5.83. The molecule has 27 heavy (non-hydrogen) atoms. The van der Waals surface area contributed by atoms with Gasteiger partial charge in [0.2, 0.25) is 5.91 Å². The second-order valence-corrected chi connectivity index (χ2v) is 6.82. The van der Waals surface area contributed by atoms with Crippen molar-refractivity contribution in [2.75, 3.05) is 0 Å². The normalized spacial score (nSPS) is 11.7. The van der Waals surface area contributed by atoms with Crippen LogP contribution in [-0.4, -0.2) is 45.2 Å². The van der Waals surface area contributed by atoms with Gasteiger partial charge in [-0.15, -0.1) is 0 Å². The van der Waals surface area contributed by atoms with Crippen LogP contribution in [0.25, 0.3) is 0 Å². The van der Waals surface area contributed by atoms with Crippen molar-refractivity contribution in [3.63, 3.8) is 0 Å². The number of hydrogen-bond donors (Lipinski definition) is 4. The Hall–Kier alpha value is -2.12. The molecule has 156 valence electrons. The van der Waals surface area contributed by atoms with Gasteiger partial charge in [0.25, 0.3) is 0 Å². The fraction of sp³-hybridized carbons (Fsp3) is 0.789. The highest BCUT2D eigenvalue weighted by Gasteiger charge is 2.20. The summed E-state index contributed by atoms with van der Waals surface area (Å²) in [7, 11) is 0. The van der Waals surface area contributed by atoms with Crippen molar-refractivity contribution < 1.29 is 34.5 Å². The minimum absolute atomic E-state index is 0.118. The number of nitrogens with one attached hydrogen (secondary N) is 1. The van der Waals surface area contributed by atoms with E-state index in [1.54, 1.807) is 0 Å². The zero-order chi connectivity index (χ0) is 20.5. The third kappa shape index (κ3) is 17.1. The van der Waals surface area contributed by atoms with E-state index in [4.69, 9.17) is 15.3 Å². The quantitative estimate of drug-likeness (QED) is 0.265. The molecule has 0 aromatic heterocycles. The highest BCUT2D eigenvalue weighted by atomic mass is 16.4. The average molecular weight is 387 g/mol. The fourth-order valence-corrected chi connectivity index (χ4v) is 2.77. The molecule has 0 saturated heterocycles. The Labute approximate surface area is 160 Å². The number of carbonyl (C=O) groups is 4. The van der Waals surface area contributed by atoms with Gasteiger partial charge in [0.15, 0.2) is 0 Å². The Kier molecular flexibility index (Phi) is 14.8. The second kappa shape index (κ2) is 16.1. The molecule has 0 aromatic carbocycles. The van der Waals surface area contributed by atoms with Crippen LogP contribution in [0.4, 0.5) is 0 Å². The predicted octanol–water partition coefficient (Wildman–Crippen LogP) is 3.19. The summed E-state index contributed by atoms with van der Waals surface area (Å²) < 4.78 is 0.